The summed E-state index contributed by atoms with van der Waals surface area (Å²) in [4.78, 5) is 16.3. The number of aryl methyl sites for hydroxylation is 1. The number of aromatic nitrogens is 1. The van der Waals surface area contributed by atoms with Crippen LogP contribution in [0.2, 0.25) is 0 Å². The first-order valence-electron chi connectivity index (χ1n) is 7.13. The summed E-state index contributed by atoms with van der Waals surface area (Å²) in [5, 5.41) is 2.98. The van der Waals surface area contributed by atoms with Crippen molar-refractivity contribution in [1.82, 2.24) is 4.98 Å². The van der Waals surface area contributed by atoms with Crippen LogP contribution in [0.3, 0.4) is 0 Å². The average Bonchev–Trinajstić information content (AvgIpc) is 3.04. The van der Waals surface area contributed by atoms with Crippen molar-refractivity contribution in [2.75, 3.05) is 18.5 Å². The first-order chi connectivity index (χ1) is 10.2. The molecular weight excluding hydrogens is 268 g/mol. The molecule has 110 valence electrons. The van der Waals surface area contributed by atoms with Crippen LogP contribution in [0.5, 0.6) is 0 Å². The van der Waals surface area contributed by atoms with Crippen LogP contribution in [0.1, 0.15) is 18.4 Å². The zero-order valence-corrected chi connectivity index (χ0v) is 12.0. The highest BCUT2D eigenvalue weighted by Gasteiger charge is 2.22. The highest BCUT2D eigenvalue weighted by molar-refractivity contribution is 5.93. The van der Waals surface area contributed by atoms with Crippen molar-refractivity contribution in [2.24, 2.45) is 5.92 Å². The summed E-state index contributed by atoms with van der Waals surface area (Å²) in [5.74, 6) is 0.558. The molecule has 1 aliphatic heterocycles. The van der Waals surface area contributed by atoms with E-state index in [4.69, 9.17) is 9.15 Å². The molecule has 0 unspecified atom stereocenters. The molecule has 5 nitrogen and oxygen atoms in total. The molecule has 1 aliphatic rings. The minimum Gasteiger partial charge on any atom is -0.445 e. The van der Waals surface area contributed by atoms with Crippen LogP contribution in [0.25, 0.3) is 11.5 Å². The van der Waals surface area contributed by atoms with E-state index < -0.39 is 0 Å². The van der Waals surface area contributed by atoms with E-state index in [1.807, 2.05) is 25.1 Å². The number of anilines is 1. The molecule has 2 heterocycles. The molecular formula is C16H18N2O3. The zero-order chi connectivity index (χ0) is 14.7. The van der Waals surface area contributed by atoms with E-state index in [0.29, 0.717) is 12.5 Å². The van der Waals surface area contributed by atoms with E-state index in [-0.39, 0.29) is 11.8 Å². The number of amides is 1. The Balaban J connectivity index is 1.72. The Bertz CT molecular complexity index is 616. The topological polar surface area (TPSA) is 64.4 Å². The van der Waals surface area contributed by atoms with Crippen molar-refractivity contribution in [3.05, 3.63) is 36.2 Å². The largest absolute Gasteiger partial charge is 0.445 e. The Morgan fingerprint density at radius 2 is 2.33 bits per heavy atom. The highest BCUT2D eigenvalue weighted by atomic mass is 16.5. The number of oxazole rings is 1. The number of carbonyl (C=O) groups excluding carboxylic acids is 1. The van der Waals surface area contributed by atoms with E-state index in [0.717, 1.165) is 36.3 Å². The second kappa shape index (κ2) is 6.10. The van der Waals surface area contributed by atoms with Crippen molar-refractivity contribution < 1.29 is 13.9 Å². The van der Waals surface area contributed by atoms with Gasteiger partial charge in [0, 0.05) is 17.9 Å². The number of benzene rings is 1. The van der Waals surface area contributed by atoms with Crippen molar-refractivity contribution in [2.45, 2.75) is 19.8 Å². The SMILES string of the molecule is Cc1cc(-c2ncco2)ccc1NC(=O)[C@@H]1CCCOC1. The molecule has 0 bridgehead atoms. The summed E-state index contributed by atoms with van der Waals surface area (Å²) in [6.07, 6.45) is 4.99. The molecule has 1 N–H and O–H groups in total. The summed E-state index contributed by atoms with van der Waals surface area (Å²) in [6.45, 7) is 3.23. The summed E-state index contributed by atoms with van der Waals surface area (Å²) < 4.78 is 10.6. The maximum Gasteiger partial charge on any atom is 0.229 e. The van der Waals surface area contributed by atoms with Gasteiger partial charge in [0.1, 0.15) is 6.26 Å². The summed E-state index contributed by atoms with van der Waals surface area (Å²) in [6, 6.07) is 5.74. The minimum atomic E-state index is -0.0513. The Morgan fingerprint density at radius 3 is 3.00 bits per heavy atom. The number of hydrogen-bond donors (Lipinski definition) is 1. The Hall–Kier alpha value is -2.14. The number of rotatable bonds is 3. The lowest BCUT2D eigenvalue weighted by Gasteiger charge is -2.21. The second-order valence-electron chi connectivity index (χ2n) is 5.27. The van der Waals surface area contributed by atoms with Crippen molar-refractivity contribution in [1.29, 1.82) is 0 Å². The number of carbonyl (C=O) groups is 1. The lowest BCUT2D eigenvalue weighted by molar-refractivity contribution is -0.123. The minimum absolute atomic E-state index is 0.0293. The molecule has 5 heteroatoms. The summed E-state index contributed by atoms with van der Waals surface area (Å²) >= 11 is 0. The molecule has 21 heavy (non-hydrogen) atoms. The second-order valence-corrected chi connectivity index (χ2v) is 5.27. The van der Waals surface area contributed by atoms with Gasteiger partial charge in [0.25, 0.3) is 0 Å². The number of hydrogen-bond acceptors (Lipinski definition) is 4. The molecule has 0 spiro atoms. The molecule has 1 amide bonds. The predicted molar refractivity (Wildman–Crippen MR) is 78.8 cm³/mol. The van der Waals surface area contributed by atoms with Gasteiger partial charge in [-0.05, 0) is 43.5 Å². The smallest absolute Gasteiger partial charge is 0.229 e. The van der Waals surface area contributed by atoms with E-state index in [2.05, 4.69) is 10.3 Å². The van der Waals surface area contributed by atoms with Gasteiger partial charge in [-0.3, -0.25) is 4.79 Å². The van der Waals surface area contributed by atoms with Crippen LogP contribution < -0.4 is 5.32 Å². The Labute approximate surface area is 123 Å². The fourth-order valence-corrected chi connectivity index (χ4v) is 2.49. The quantitative estimate of drug-likeness (QED) is 0.942. The van der Waals surface area contributed by atoms with Gasteiger partial charge in [0.05, 0.1) is 18.7 Å². The van der Waals surface area contributed by atoms with Crippen LogP contribution in [-0.2, 0) is 9.53 Å². The van der Waals surface area contributed by atoms with Crippen molar-refractivity contribution in [3.63, 3.8) is 0 Å². The third kappa shape index (κ3) is 3.13. The van der Waals surface area contributed by atoms with Crippen molar-refractivity contribution in [3.8, 4) is 11.5 Å². The van der Waals surface area contributed by atoms with Crippen LogP contribution >= 0.6 is 0 Å². The van der Waals surface area contributed by atoms with Crippen molar-refractivity contribution >= 4 is 11.6 Å². The van der Waals surface area contributed by atoms with Gasteiger partial charge in [-0.15, -0.1) is 0 Å². The fraction of sp³-hybridized carbons (Fsp3) is 0.375. The highest BCUT2D eigenvalue weighted by Crippen LogP contribution is 2.24. The third-order valence-corrected chi connectivity index (χ3v) is 3.69. The monoisotopic (exact) mass is 286 g/mol. The molecule has 0 aliphatic carbocycles. The lowest BCUT2D eigenvalue weighted by Crippen LogP contribution is -2.30. The Kier molecular flexibility index (Phi) is 4.01. The molecule has 1 fully saturated rings. The first kappa shape index (κ1) is 13.8. The van der Waals surface area contributed by atoms with Gasteiger partial charge in [0.15, 0.2) is 0 Å². The van der Waals surface area contributed by atoms with E-state index in [9.17, 15) is 4.79 Å². The molecule has 2 aromatic rings. The van der Waals surface area contributed by atoms with Crippen LogP contribution in [0.4, 0.5) is 5.69 Å². The average molecular weight is 286 g/mol. The third-order valence-electron chi connectivity index (χ3n) is 3.69. The molecule has 1 aromatic heterocycles. The molecule has 0 radical (unpaired) electrons. The standard InChI is InChI=1S/C16H18N2O3/c1-11-9-12(16-17-6-8-21-16)4-5-14(11)18-15(19)13-3-2-7-20-10-13/h4-6,8-9,13H,2-3,7,10H2,1H3,(H,18,19)/t13-/m1/s1. The normalized spacial score (nSPS) is 18.4. The van der Waals surface area contributed by atoms with Gasteiger partial charge in [-0.25, -0.2) is 4.98 Å². The van der Waals surface area contributed by atoms with Gasteiger partial charge in [0.2, 0.25) is 11.8 Å². The number of ether oxygens (including phenoxy) is 1. The first-order valence-corrected chi connectivity index (χ1v) is 7.13. The Morgan fingerprint density at radius 1 is 1.43 bits per heavy atom. The molecule has 3 rings (SSSR count). The number of nitrogens with one attached hydrogen (secondary N) is 1. The molecule has 1 saturated heterocycles. The maximum absolute atomic E-state index is 12.2. The van der Waals surface area contributed by atoms with Gasteiger partial charge in [-0.2, -0.15) is 0 Å². The molecule has 1 atom stereocenters. The molecule has 0 saturated carbocycles. The van der Waals surface area contributed by atoms with E-state index >= 15 is 0 Å². The van der Waals surface area contributed by atoms with Gasteiger partial charge < -0.3 is 14.5 Å². The van der Waals surface area contributed by atoms with Gasteiger partial charge >= 0.3 is 0 Å². The van der Waals surface area contributed by atoms with E-state index in [1.165, 1.54) is 0 Å². The maximum atomic E-state index is 12.2. The van der Waals surface area contributed by atoms with Crippen LogP contribution in [0.15, 0.2) is 35.1 Å². The summed E-state index contributed by atoms with van der Waals surface area (Å²) in [7, 11) is 0. The van der Waals surface area contributed by atoms with Crippen LogP contribution in [-0.4, -0.2) is 24.1 Å². The van der Waals surface area contributed by atoms with Crippen LogP contribution in [0, 0.1) is 12.8 Å². The number of nitrogens with zero attached hydrogens (tertiary/aromatic N) is 1. The summed E-state index contributed by atoms with van der Waals surface area (Å²) in [5.41, 5.74) is 2.70. The fourth-order valence-electron chi connectivity index (χ4n) is 2.49. The molecule has 1 aromatic carbocycles. The van der Waals surface area contributed by atoms with E-state index in [1.54, 1.807) is 12.5 Å². The lowest BCUT2D eigenvalue weighted by atomic mass is 10.0. The van der Waals surface area contributed by atoms with Gasteiger partial charge in [-0.1, -0.05) is 0 Å². The zero-order valence-electron chi connectivity index (χ0n) is 12.0. The predicted octanol–water partition coefficient (Wildman–Crippen LogP) is 3.02.